The molecular weight excluding hydrogens is 210 g/mol. The van der Waals surface area contributed by atoms with Gasteiger partial charge in [0.05, 0.1) is 0 Å². The van der Waals surface area contributed by atoms with Gasteiger partial charge in [0, 0.05) is 18.2 Å². The molecule has 0 spiro atoms. The third-order valence-electron chi connectivity index (χ3n) is 2.97. The van der Waals surface area contributed by atoms with E-state index in [9.17, 15) is 9.59 Å². The number of nitrogens with zero attached hydrogens (tertiary/aromatic N) is 1. The van der Waals surface area contributed by atoms with Crippen molar-refractivity contribution in [3.63, 3.8) is 0 Å². The van der Waals surface area contributed by atoms with Crippen LogP contribution in [0.25, 0.3) is 0 Å². The molecule has 2 rings (SSSR count). The van der Waals surface area contributed by atoms with Crippen LogP contribution in [0, 0.1) is 5.92 Å². The van der Waals surface area contributed by atoms with Crippen molar-refractivity contribution in [1.29, 1.82) is 0 Å². The molecule has 4 heteroatoms. The average Bonchev–Trinajstić information content (AvgIpc) is 2.47. The molecule has 82 valence electrons. The second kappa shape index (κ2) is 4.39. The average molecular weight is 225 g/mol. The molecule has 1 fully saturated rings. The topological polar surface area (TPSA) is 37.4 Å². The zero-order valence-corrected chi connectivity index (χ0v) is 9.68. The van der Waals surface area contributed by atoms with Gasteiger partial charge in [-0.3, -0.25) is 14.5 Å². The normalized spacial score (nSPS) is 23.5. The second-order valence-corrected chi connectivity index (χ2v) is 5.36. The molecule has 0 N–H and O–H groups in total. The molecule has 2 heterocycles. The molecule has 0 aromatic carbocycles. The zero-order chi connectivity index (χ0) is 10.8. The SMILES string of the molecule is CC1=CC(=O)N(CC2CCSCC2)C1=O. The predicted molar refractivity (Wildman–Crippen MR) is 60.5 cm³/mol. The maximum Gasteiger partial charge on any atom is 0.256 e. The van der Waals surface area contributed by atoms with Crippen LogP contribution in [-0.4, -0.2) is 34.8 Å². The van der Waals surface area contributed by atoms with Gasteiger partial charge >= 0.3 is 0 Å². The Labute approximate surface area is 93.9 Å². The zero-order valence-electron chi connectivity index (χ0n) is 8.86. The Morgan fingerprint density at radius 3 is 2.60 bits per heavy atom. The Morgan fingerprint density at radius 2 is 2.07 bits per heavy atom. The fourth-order valence-corrected chi connectivity index (χ4v) is 3.20. The van der Waals surface area contributed by atoms with E-state index in [0.717, 1.165) is 24.3 Å². The fraction of sp³-hybridized carbons (Fsp3) is 0.636. The summed E-state index contributed by atoms with van der Waals surface area (Å²) in [5.41, 5.74) is 0.574. The van der Waals surface area contributed by atoms with Crippen molar-refractivity contribution >= 4 is 23.6 Å². The summed E-state index contributed by atoms with van der Waals surface area (Å²) in [5, 5.41) is 0. The summed E-state index contributed by atoms with van der Waals surface area (Å²) in [5.74, 6) is 2.60. The van der Waals surface area contributed by atoms with Crippen molar-refractivity contribution in [3.8, 4) is 0 Å². The standard InChI is InChI=1S/C11H15NO2S/c1-8-6-10(13)12(11(8)14)7-9-2-4-15-5-3-9/h6,9H,2-5,7H2,1H3. The van der Waals surface area contributed by atoms with Crippen molar-refractivity contribution in [2.24, 2.45) is 5.92 Å². The summed E-state index contributed by atoms with van der Waals surface area (Å²) in [6, 6.07) is 0. The van der Waals surface area contributed by atoms with Gasteiger partial charge in [0.2, 0.25) is 0 Å². The molecule has 0 saturated carbocycles. The highest BCUT2D eigenvalue weighted by Crippen LogP contribution is 2.25. The first-order chi connectivity index (χ1) is 7.18. The third-order valence-corrected chi connectivity index (χ3v) is 4.02. The molecule has 0 unspecified atom stereocenters. The predicted octanol–water partition coefficient (Wildman–Crippen LogP) is 1.44. The highest BCUT2D eigenvalue weighted by Gasteiger charge is 2.30. The van der Waals surface area contributed by atoms with Gasteiger partial charge in [0.25, 0.3) is 11.8 Å². The Hall–Kier alpha value is -0.770. The van der Waals surface area contributed by atoms with E-state index in [1.54, 1.807) is 6.92 Å². The van der Waals surface area contributed by atoms with Crippen molar-refractivity contribution in [1.82, 2.24) is 4.90 Å². The number of hydrogen-bond donors (Lipinski definition) is 0. The van der Waals surface area contributed by atoms with Crippen LogP contribution in [0.15, 0.2) is 11.6 Å². The summed E-state index contributed by atoms with van der Waals surface area (Å²) in [7, 11) is 0. The third kappa shape index (κ3) is 2.25. The van der Waals surface area contributed by atoms with Crippen LogP contribution in [-0.2, 0) is 9.59 Å². The van der Waals surface area contributed by atoms with Crippen molar-refractivity contribution in [3.05, 3.63) is 11.6 Å². The number of hydrogen-bond acceptors (Lipinski definition) is 3. The minimum atomic E-state index is -0.129. The molecule has 2 amide bonds. The summed E-state index contributed by atoms with van der Waals surface area (Å²) < 4.78 is 0. The maximum absolute atomic E-state index is 11.6. The fourth-order valence-electron chi connectivity index (χ4n) is 2.00. The van der Waals surface area contributed by atoms with Gasteiger partial charge in [-0.1, -0.05) is 0 Å². The molecule has 0 atom stereocenters. The van der Waals surface area contributed by atoms with E-state index >= 15 is 0 Å². The lowest BCUT2D eigenvalue weighted by atomic mass is 10.0. The molecule has 0 aromatic heterocycles. The van der Waals surface area contributed by atoms with Gasteiger partial charge in [-0.15, -0.1) is 0 Å². The van der Waals surface area contributed by atoms with Crippen molar-refractivity contribution in [2.45, 2.75) is 19.8 Å². The minimum absolute atomic E-state index is 0.0989. The van der Waals surface area contributed by atoms with Crippen LogP contribution in [0.1, 0.15) is 19.8 Å². The summed E-state index contributed by atoms with van der Waals surface area (Å²) in [6.07, 6.45) is 3.70. The van der Waals surface area contributed by atoms with Crippen molar-refractivity contribution < 1.29 is 9.59 Å². The largest absolute Gasteiger partial charge is 0.275 e. The van der Waals surface area contributed by atoms with E-state index in [1.165, 1.54) is 11.0 Å². The molecule has 2 aliphatic rings. The number of imide groups is 1. The molecule has 0 aliphatic carbocycles. The van der Waals surface area contributed by atoms with Crippen LogP contribution in [0.4, 0.5) is 0 Å². The van der Waals surface area contributed by atoms with Gasteiger partial charge in [-0.25, -0.2) is 0 Å². The number of carbonyl (C=O) groups is 2. The number of thioether (sulfide) groups is 1. The Bertz CT molecular complexity index is 319. The maximum atomic E-state index is 11.6. The second-order valence-electron chi connectivity index (χ2n) is 4.14. The lowest BCUT2D eigenvalue weighted by Crippen LogP contribution is -2.36. The molecule has 2 aliphatic heterocycles. The molecule has 15 heavy (non-hydrogen) atoms. The van der Waals surface area contributed by atoms with E-state index in [-0.39, 0.29) is 11.8 Å². The molecule has 0 bridgehead atoms. The molecule has 0 radical (unpaired) electrons. The number of rotatable bonds is 2. The molecule has 3 nitrogen and oxygen atoms in total. The number of carbonyl (C=O) groups excluding carboxylic acids is 2. The molecule has 1 saturated heterocycles. The van der Waals surface area contributed by atoms with Gasteiger partial charge < -0.3 is 0 Å². The van der Waals surface area contributed by atoms with Crippen LogP contribution in [0.3, 0.4) is 0 Å². The van der Waals surface area contributed by atoms with Crippen LogP contribution >= 0.6 is 11.8 Å². The first-order valence-corrected chi connectivity index (χ1v) is 6.46. The van der Waals surface area contributed by atoms with Gasteiger partial charge in [0.15, 0.2) is 0 Å². The Kier molecular flexibility index (Phi) is 3.14. The first kappa shape index (κ1) is 10.7. The summed E-state index contributed by atoms with van der Waals surface area (Å²) in [4.78, 5) is 24.5. The summed E-state index contributed by atoms with van der Waals surface area (Å²) >= 11 is 1.96. The molecular formula is C11H15NO2S. The van der Waals surface area contributed by atoms with E-state index in [2.05, 4.69) is 0 Å². The van der Waals surface area contributed by atoms with Gasteiger partial charge in [-0.2, -0.15) is 11.8 Å². The number of amides is 2. The monoisotopic (exact) mass is 225 g/mol. The van der Waals surface area contributed by atoms with Gasteiger partial charge in [-0.05, 0) is 37.2 Å². The van der Waals surface area contributed by atoms with Crippen LogP contribution in [0.2, 0.25) is 0 Å². The highest BCUT2D eigenvalue weighted by atomic mass is 32.2. The van der Waals surface area contributed by atoms with Crippen molar-refractivity contribution in [2.75, 3.05) is 18.1 Å². The van der Waals surface area contributed by atoms with E-state index in [0.29, 0.717) is 18.0 Å². The first-order valence-electron chi connectivity index (χ1n) is 5.30. The minimum Gasteiger partial charge on any atom is -0.275 e. The molecule has 0 aromatic rings. The quantitative estimate of drug-likeness (QED) is 0.667. The highest BCUT2D eigenvalue weighted by molar-refractivity contribution is 7.99. The van der Waals surface area contributed by atoms with E-state index < -0.39 is 0 Å². The van der Waals surface area contributed by atoms with E-state index in [4.69, 9.17) is 0 Å². The summed E-state index contributed by atoms with van der Waals surface area (Å²) in [6.45, 7) is 2.32. The van der Waals surface area contributed by atoms with Crippen LogP contribution < -0.4 is 0 Å². The Balaban J connectivity index is 1.95. The smallest absolute Gasteiger partial charge is 0.256 e. The lowest BCUT2D eigenvalue weighted by molar-refractivity contribution is -0.137. The van der Waals surface area contributed by atoms with E-state index in [1.807, 2.05) is 11.8 Å². The lowest BCUT2D eigenvalue weighted by Gasteiger charge is -2.25. The Morgan fingerprint density at radius 1 is 1.40 bits per heavy atom. The van der Waals surface area contributed by atoms with Crippen LogP contribution in [0.5, 0.6) is 0 Å². The van der Waals surface area contributed by atoms with Gasteiger partial charge in [0.1, 0.15) is 0 Å².